The molecular formula is C20H21F3N4O2. The van der Waals surface area contributed by atoms with Crippen LogP contribution in [0.15, 0.2) is 36.4 Å². The summed E-state index contributed by atoms with van der Waals surface area (Å²) >= 11 is 0. The van der Waals surface area contributed by atoms with Gasteiger partial charge in [-0.3, -0.25) is 4.79 Å². The molecule has 2 heterocycles. The number of hydrogen-bond donors (Lipinski definition) is 1. The number of ether oxygens (including phenoxy) is 1. The van der Waals surface area contributed by atoms with Crippen molar-refractivity contribution in [3.05, 3.63) is 53.5 Å². The first-order valence-corrected chi connectivity index (χ1v) is 9.02. The molecule has 29 heavy (non-hydrogen) atoms. The van der Waals surface area contributed by atoms with Crippen LogP contribution in [0.1, 0.15) is 49.6 Å². The molecule has 1 amide bonds. The van der Waals surface area contributed by atoms with Gasteiger partial charge in [0.15, 0.2) is 11.3 Å². The summed E-state index contributed by atoms with van der Waals surface area (Å²) in [6.07, 6.45) is -4.64. The van der Waals surface area contributed by atoms with Gasteiger partial charge < -0.3 is 10.1 Å². The van der Waals surface area contributed by atoms with Crippen molar-refractivity contribution in [2.45, 2.75) is 39.3 Å². The number of fused-ring (bicyclic) bond motifs is 1. The summed E-state index contributed by atoms with van der Waals surface area (Å²) in [6, 6.07) is 8.84. The van der Waals surface area contributed by atoms with Crippen LogP contribution in [-0.2, 0) is 11.6 Å². The number of aromatic nitrogens is 3. The van der Waals surface area contributed by atoms with Gasteiger partial charge in [0.05, 0.1) is 12.3 Å². The highest BCUT2D eigenvalue weighted by molar-refractivity contribution is 6.03. The van der Waals surface area contributed by atoms with Gasteiger partial charge in [0, 0.05) is 17.2 Å². The molecule has 2 aromatic heterocycles. The van der Waals surface area contributed by atoms with Gasteiger partial charge >= 0.3 is 6.18 Å². The zero-order chi connectivity index (χ0) is 21.4. The van der Waals surface area contributed by atoms with Crippen molar-refractivity contribution in [1.82, 2.24) is 14.6 Å². The largest absolute Gasteiger partial charge is 0.494 e. The van der Waals surface area contributed by atoms with Crippen LogP contribution in [0.25, 0.3) is 5.65 Å². The minimum absolute atomic E-state index is 0.0402. The minimum atomic E-state index is -4.64. The maximum Gasteiger partial charge on any atom is 0.433 e. The van der Waals surface area contributed by atoms with Gasteiger partial charge in [-0.15, -0.1) is 0 Å². The van der Waals surface area contributed by atoms with Crippen molar-refractivity contribution < 1.29 is 22.7 Å². The summed E-state index contributed by atoms with van der Waals surface area (Å²) in [5.74, 6) is 0.0112. The van der Waals surface area contributed by atoms with Crippen molar-refractivity contribution in [2.75, 3.05) is 11.9 Å². The molecule has 6 nitrogen and oxygen atoms in total. The molecule has 3 rings (SSSR count). The van der Waals surface area contributed by atoms with E-state index in [1.807, 2.05) is 6.92 Å². The summed E-state index contributed by atoms with van der Waals surface area (Å²) in [5, 5.41) is 6.46. The second-order valence-electron chi connectivity index (χ2n) is 7.49. The fourth-order valence-corrected chi connectivity index (χ4v) is 2.67. The molecule has 1 N–H and O–H groups in total. The van der Waals surface area contributed by atoms with Gasteiger partial charge in [-0.25, -0.2) is 9.50 Å². The molecule has 0 aliphatic rings. The van der Waals surface area contributed by atoms with E-state index in [1.165, 1.54) is 6.07 Å². The number of amides is 1. The predicted molar refractivity (Wildman–Crippen MR) is 102 cm³/mol. The van der Waals surface area contributed by atoms with Gasteiger partial charge in [-0.2, -0.15) is 18.3 Å². The molecule has 0 saturated carbocycles. The summed E-state index contributed by atoms with van der Waals surface area (Å²) in [5.41, 5.74) is -1.06. The molecule has 0 aliphatic heterocycles. The van der Waals surface area contributed by atoms with E-state index < -0.39 is 23.2 Å². The lowest BCUT2D eigenvalue weighted by atomic mass is 9.91. The van der Waals surface area contributed by atoms with Gasteiger partial charge in [-0.05, 0) is 37.3 Å². The smallest absolute Gasteiger partial charge is 0.433 e. The molecular weight excluding hydrogens is 385 g/mol. The molecule has 3 aromatic rings. The second-order valence-corrected chi connectivity index (χ2v) is 7.49. The first-order valence-electron chi connectivity index (χ1n) is 9.02. The summed E-state index contributed by atoms with van der Waals surface area (Å²) < 4.78 is 46.6. The van der Waals surface area contributed by atoms with Crippen LogP contribution < -0.4 is 10.1 Å². The predicted octanol–water partition coefficient (Wildman–Crippen LogP) is 4.70. The van der Waals surface area contributed by atoms with E-state index in [0.29, 0.717) is 22.6 Å². The van der Waals surface area contributed by atoms with E-state index in [0.717, 1.165) is 6.07 Å². The molecule has 0 bridgehead atoms. The quantitative estimate of drug-likeness (QED) is 0.682. The van der Waals surface area contributed by atoms with E-state index in [9.17, 15) is 18.0 Å². The maximum atomic E-state index is 13.5. The number of nitrogens with one attached hydrogen (secondary N) is 1. The Morgan fingerprint density at radius 2 is 1.79 bits per heavy atom. The highest BCUT2D eigenvalue weighted by atomic mass is 19.4. The number of rotatable bonds is 4. The fourth-order valence-electron chi connectivity index (χ4n) is 2.67. The van der Waals surface area contributed by atoms with Gasteiger partial charge in [-0.1, -0.05) is 20.8 Å². The van der Waals surface area contributed by atoms with Gasteiger partial charge in [0.2, 0.25) is 0 Å². The highest BCUT2D eigenvalue weighted by Gasteiger charge is 2.36. The standard InChI is InChI=1S/C20H21F3N4O2/c1-5-29-13-8-6-12(7-9-13)24-18(28)14-10-17-25-15(19(2,3)4)11-16(20(21,22)23)27(17)26-14/h6-11H,5H2,1-4H3,(H,24,28). The Bertz CT molecular complexity index is 1030. The number of carbonyl (C=O) groups excluding carboxylic acids is 1. The second kappa shape index (κ2) is 7.38. The van der Waals surface area contributed by atoms with Crippen molar-refractivity contribution in [3.63, 3.8) is 0 Å². The summed E-state index contributed by atoms with van der Waals surface area (Å²) in [7, 11) is 0. The molecule has 0 saturated heterocycles. The molecule has 0 atom stereocenters. The SMILES string of the molecule is CCOc1ccc(NC(=O)c2cc3nc(C(C)(C)C)cc(C(F)(F)F)n3n2)cc1. The van der Waals surface area contributed by atoms with Crippen LogP contribution >= 0.6 is 0 Å². The molecule has 9 heteroatoms. The third-order valence-electron chi connectivity index (χ3n) is 4.14. The lowest BCUT2D eigenvalue weighted by molar-refractivity contribution is -0.142. The first-order chi connectivity index (χ1) is 13.5. The lowest BCUT2D eigenvalue weighted by Gasteiger charge is -2.19. The molecule has 0 fully saturated rings. The van der Waals surface area contributed by atoms with Crippen molar-refractivity contribution in [3.8, 4) is 5.75 Å². The van der Waals surface area contributed by atoms with E-state index in [4.69, 9.17) is 4.74 Å². The van der Waals surface area contributed by atoms with Crippen LogP contribution in [0.4, 0.5) is 18.9 Å². The number of benzene rings is 1. The van der Waals surface area contributed by atoms with Gasteiger partial charge in [0.1, 0.15) is 11.4 Å². The number of anilines is 1. The van der Waals surface area contributed by atoms with E-state index >= 15 is 0 Å². The fraction of sp³-hybridized carbons (Fsp3) is 0.350. The number of alkyl halides is 3. The zero-order valence-electron chi connectivity index (χ0n) is 16.5. The normalized spacial score (nSPS) is 12.2. The average Bonchev–Trinajstić information content (AvgIpc) is 3.05. The number of nitrogens with zero attached hydrogens (tertiary/aromatic N) is 3. The maximum absolute atomic E-state index is 13.5. The minimum Gasteiger partial charge on any atom is -0.494 e. The molecule has 1 aromatic carbocycles. The third-order valence-corrected chi connectivity index (χ3v) is 4.14. The Hall–Kier alpha value is -3.10. The van der Waals surface area contributed by atoms with E-state index in [2.05, 4.69) is 15.4 Å². The zero-order valence-corrected chi connectivity index (χ0v) is 16.5. The Labute approximate surface area is 165 Å². The number of halogens is 3. The number of carbonyl (C=O) groups is 1. The topological polar surface area (TPSA) is 68.5 Å². The first kappa shape index (κ1) is 20.6. The van der Waals surface area contributed by atoms with Crippen LogP contribution in [0.5, 0.6) is 5.75 Å². The summed E-state index contributed by atoms with van der Waals surface area (Å²) in [6.45, 7) is 7.66. The Kier molecular flexibility index (Phi) is 5.25. The van der Waals surface area contributed by atoms with Gasteiger partial charge in [0.25, 0.3) is 5.91 Å². The van der Waals surface area contributed by atoms with E-state index in [-0.39, 0.29) is 17.0 Å². The van der Waals surface area contributed by atoms with E-state index in [1.54, 1.807) is 45.0 Å². The molecule has 0 spiro atoms. The van der Waals surface area contributed by atoms with Crippen molar-refractivity contribution >= 4 is 17.2 Å². The van der Waals surface area contributed by atoms with Crippen molar-refractivity contribution in [1.29, 1.82) is 0 Å². The van der Waals surface area contributed by atoms with Crippen LogP contribution in [0.3, 0.4) is 0 Å². The Balaban J connectivity index is 1.96. The Morgan fingerprint density at radius 3 is 2.34 bits per heavy atom. The monoisotopic (exact) mass is 406 g/mol. The molecule has 0 radical (unpaired) electrons. The highest BCUT2D eigenvalue weighted by Crippen LogP contribution is 2.32. The lowest BCUT2D eigenvalue weighted by Crippen LogP contribution is -2.20. The molecule has 0 unspecified atom stereocenters. The average molecular weight is 406 g/mol. The summed E-state index contributed by atoms with van der Waals surface area (Å²) in [4.78, 5) is 16.8. The van der Waals surface area contributed by atoms with Crippen LogP contribution in [0.2, 0.25) is 0 Å². The number of hydrogen-bond acceptors (Lipinski definition) is 4. The van der Waals surface area contributed by atoms with Crippen molar-refractivity contribution in [2.24, 2.45) is 0 Å². The van der Waals surface area contributed by atoms with Crippen LogP contribution in [-0.4, -0.2) is 27.1 Å². The third kappa shape index (κ3) is 4.49. The molecule has 0 aliphatic carbocycles. The molecule has 154 valence electrons. The Morgan fingerprint density at radius 1 is 1.14 bits per heavy atom. The van der Waals surface area contributed by atoms with Crippen LogP contribution in [0, 0.1) is 0 Å².